The fourth-order valence-electron chi connectivity index (χ4n) is 0.826. The summed E-state index contributed by atoms with van der Waals surface area (Å²) in [4.78, 5) is 9.07. The molecule has 0 radical (unpaired) electrons. The Morgan fingerprint density at radius 2 is 1.92 bits per heavy atom. The molecule has 0 N–H and O–H groups in total. The fourth-order valence-corrected chi connectivity index (χ4v) is 0.826. The van der Waals surface area contributed by atoms with Crippen LogP contribution in [0.5, 0.6) is 0 Å². The Labute approximate surface area is 71.2 Å². The molecule has 0 aliphatic rings. The van der Waals surface area contributed by atoms with Gasteiger partial charge in [0.05, 0.1) is 4.92 Å². The topological polar surface area (TPSA) is 66.9 Å². The second-order valence-corrected chi connectivity index (χ2v) is 2.12. The number of rotatable bonds is 1. The number of nitrogens with zero attached hydrogens (tertiary/aromatic N) is 2. The zero-order valence-electron chi connectivity index (χ0n) is 6.12. The highest BCUT2D eigenvalue weighted by molar-refractivity contribution is 5.50. The van der Waals surface area contributed by atoms with Gasteiger partial charge in [-0.2, -0.15) is 9.65 Å². The molecular weight excluding hydrogens is 182 g/mol. The Morgan fingerprint density at radius 3 is 2.31 bits per heavy atom. The van der Waals surface area contributed by atoms with Crippen LogP contribution >= 0.6 is 0 Å². The highest BCUT2D eigenvalue weighted by Gasteiger charge is 2.23. The Balaban J connectivity index is 3.55. The smallest absolute Gasteiger partial charge is 0.258 e. The molecular formula is C7H2F2N2O2. The minimum Gasteiger partial charge on any atom is -0.258 e. The van der Waals surface area contributed by atoms with Gasteiger partial charge in [-0.15, -0.1) is 0 Å². The van der Waals surface area contributed by atoms with Crippen molar-refractivity contribution in [2.75, 3.05) is 0 Å². The molecule has 66 valence electrons. The monoisotopic (exact) mass is 184 g/mol. The van der Waals surface area contributed by atoms with E-state index in [-0.39, 0.29) is 0 Å². The molecule has 0 aromatic heterocycles. The predicted molar refractivity (Wildman–Crippen MR) is 37.7 cm³/mol. The Morgan fingerprint density at radius 1 is 1.38 bits per heavy atom. The number of nitro benzene ring substituents is 1. The largest absolute Gasteiger partial charge is 0.325 e. The molecule has 0 unspecified atom stereocenters. The fraction of sp³-hybridized carbons (Fsp3) is 0. The van der Waals surface area contributed by atoms with Gasteiger partial charge in [0.1, 0.15) is 11.9 Å². The van der Waals surface area contributed by atoms with Gasteiger partial charge in [0.25, 0.3) is 0 Å². The van der Waals surface area contributed by atoms with Crippen molar-refractivity contribution in [3.8, 4) is 6.07 Å². The maximum Gasteiger partial charge on any atom is 0.325 e. The van der Waals surface area contributed by atoms with Gasteiger partial charge >= 0.3 is 5.69 Å². The molecule has 0 fully saturated rings. The lowest BCUT2D eigenvalue weighted by Crippen LogP contribution is -1.98. The molecule has 0 spiro atoms. The van der Waals surface area contributed by atoms with Crippen LogP contribution in [0, 0.1) is 33.1 Å². The summed E-state index contributed by atoms with van der Waals surface area (Å²) in [6.45, 7) is 0. The first-order chi connectivity index (χ1) is 6.07. The lowest BCUT2D eigenvalue weighted by atomic mass is 10.2. The summed E-state index contributed by atoms with van der Waals surface area (Å²) in [6.07, 6.45) is 0. The molecule has 0 heterocycles. The third kappa shape index (κ3) is 1.44. The minimum atomic E-state index is -1.22. The standard InChI is InChI=1S/C7H2F2N2O2/c8-5-1-2-6(9)7(11(12)13)4(5)3-10/h1-2H. The average molecular weight is 184 g/mol. The maximum atomic E-state index is 12.7. The highest BCUT2D eigenvalue weighted by atomic mass is 19.1. The van der Waals surface area contributed by atoms with Crippen molar-refractivity contribution >= 4 is 5.69 Å². The van der Waals surface area contributed by atoms with Crippen molar-refractivity contribution in [1.29, 1.82) is 5.26 Å². The van der Waals surface area contributed by atoms with Crippen LogP contribution < -0.4 is 0 Å². The van der Waals surface area contributed by atoms with E-state index in [1.807, 2.05) is 0 Å². The van der Waals surface area contributed by atoms with Crippen molar-refractivity contribution < 1.29 is 13.7 Å². The van der Waals surface area contributed by atoms with E-state index >= 15 is 0 Å². The number of nitro groups is 1. The van der Waals surface area contributed by atoms with Crippen molar-refractivity contribution in [2.24, 2.45) is 0 Å². The van der Waals surface area contributed by atoms with Crippen LogP contribution in [-0.2, 0) is 0 Å². The molecule has 0 bridgehead atoms. The minimum absolute atomic E-state index is 0.605. The molecule has 0 atom stereocenters. The van der Waals surface area contributed by atoms with Gasteiger partial charge in [0.2, 0.25) is 5.82 Å². The van der Waals surface area contributed by atoms with Gasteiger partial charge in [-0.05, 0) is 12.1 Å². The summed E-state index contributed by atoms with van der Waals surface area (Å²) < 4.78 is 25.4. The van der Waals surface area contributed by atoms with Crippen LogP contribution in [0.15, 0.2) is 12.1 Å². The zero-order chi connectivity index (χ0) is 10.0. The summed E-state index contributed by atoms with van der Waals surface area (Å²) in [5.74, 6) is -2.32. The molecule has 0 saturated heterocycles. The molecule has 0 amide bonds. The van der Waals surface area contributed by atoms with E-state index in [0.717, 1.165) is 0 Å². The van der Waals surface area contributed by atoms with Crippen LogP contribution in [0.1, 0.15) is 5.56 Å². The van der Waals surface area contributed by atoms with Crippen molar-refractivity contribution in [3.63, 3.8) is 0 Å². The first kappa shape index (κ1) is 9.06. The second-order valence-electron chi connectivity index (χ2n) is 2.12. The third-order valence-corrected chi connectivity index (χ3v) is 1.37. The van der Waals surface area contributed by atoms with Crippen LogP contribution in [0.25, 0.3) is 0 Å². The van der Waals surface area contributed by atoms with Gasteiger partial charge in [-0.1, -0.05) is 0 Å². The second kappa shape index (κ2) is 3.15. The third-order valence-electron chi connectivity index (χ3n) is 1.37. The Hall–Kier alpha value is -2.03. The number of nitriles is 1. The number of hydrogen-bond acceptors (Lipinski definition) is 3. The van der Waals surface area contributed by atoms with Crippen LogP contribution in [-0.4, -0.2) is 4.92 Å². The number of hydrogen-bond donors (Lipinski definition) is 0. The number of halogens is 2. The van der Waals surface area contributed by atoms with Gasteiger partial charge in [-0.25, -0.2) is 4.39 Å². The van der Waals surface area contributed by atoms with E-state index in [0.29, 0.717) is 12.1 Å². The van der Waals surface area contributed by atoms with Crippen molar-refractivity contribution in [2.45, 2.75) is 0 Å². The first-order valence-electron chi connectivity index (χ1n) is 3.10. The van der Waals surface area contributed by atoms with E-state index in [2.05, 4.69) is 0 Å². The van der Waals surface area contributed by atoms with E-state index in [1.54, 1.807) is 0 Å². The molecule has 1 aromatic rings. The summed E-state index contributed by atoms with van der Waals surface area (Å²) >= 11 is 0. The van der Waals surface area contributed by atoms with Crippen LogP contribution in [0.3, 0.4) is 0 Å². The quantitative estimate of drug-likeness (QED) is 0.493. The number of benzene rings is 1. The molecule has 0 aliphatic carbocycles. The van der Waals surface area contributed by atoms with Gasteiger partial charge < -0.3 is 0 Å². The van der Waals surface area contributed by atoms with Crippen molar-refractivity contribution in [1.82, 2.24) is 0 Å². The molecule has 0 saturated carbocycles. The highest BCUT2D eigenvalue weighted by Crippen LogP contribution is 2.23. The van der Waals surface area contributed by atoms with Gasteiger partial charge in [0.15, 0.2) is 5.56 Å². The Kier molecular flexibility index (Phi) is 2.19. The summed E-state index contributed by atoms with van der Waals surface area (Å²) in [7, 11) is 0. The Bertz CT molecular complexity index is 412. The van der Waals surface area contributed by atoms with E-state index in [9.17, 15) is 18.9 Å². The van der Waals surface area contributed by atoms with Crippen molar-refractivity contribution in [3.05, 3.63) is 39.4 Å². The molecule has 13 heavy (non-hydrogen) atoms. The predicted octanol–water partition coefficient (Wildman–Crippen LogP) is 1.74. The molecule has 6 heteroatoms. The van der Waals surface area contributed by atoms with Crippen LogP contribution in [0.2, 0.25) is 0 Å². The van der Waals surface area contributed by atoms with E-state index in [4.69, 9.17) is 5.26 Å². The van der Waals surface area contributed by atoms with Gasteiger partial charge in [-0.3, -0.25) is 10.1 Å². The lowest BCUT2D eigenvalue weighted by Gasteiger charge is -1.96. The van der Waals surface area contributed by atoms with E-state index < -0.39 is 27.8 Å². The summed E-state index contributed by atoms with van der Waals surface area (Å²) in [6, 6.07) is 2.50. The molecule has 1 aromatic carbocycles. The molecule has 0 aliphatic heterocycles. The normalized spacial score (nSPS) is 9.31. The molecule has 1 rings (SSSR count). The summed E-state index contributed by atoms with van der Waals surface area (Å²) in [5, 5.41) is 18.5. The lowest BCUT2D eigenvalue weighted by molar-refractivity contribution is -0.388. The molecule has 4 nitrogen and oxygen atoms in total. The average Bonchev–Trinajstić information content (AvgIpc) is 2.07. The van der Waals surface area contributed by atoms with E-state index in [1.165, 1.54) is 6.07 Å². The zero-order valence-corrected chi connectivity index (χ0v) is 6.12. The maximum absolute atomic E-state index is 12.7. The first-order valence-corrected chi connectivity index (χ1v) is 3.10. The summed E-state index contributed by atoms with van der Waals surface area (Å²) in [5.41, 5.74) is -2.01. The van der Waals surface area contributed by atoms with Gasteiger partial charge in [0, 0.05) is 0 Å². The SMILES string of the molecule is N#Cc1c(F)ccc(F)c1[N+](=O)[O-]. The van der Waals surface area contributed by atoms with Crippen LogP contribution in [0.4, 0.5) is 14.5 Å².